The van der Waals surface area contributed by atoms with Crippen LogP contribution in [0, 0.1) is 5.92 Å². The minimum absolute atomic E-state index is 0.130. The molecule has 0 spiro atoms. The Bertz CT molecular complexity index is 1020. The zero-order valence-corrected chi connectivity index (χ0v) is 19.8. The molecule has 2 unspecified atom stereocenters. The Morgan fingerprint density at radius 2 is 1.73 bits per heavy atom. The van der Waals surface area contributed by atoms with Crippen molar-refractivity contribution in [1.82, 2.24) is 26.3 Å². The Labute approximate surface area is 197 Å². The number of thioether (sulfide) groups is 1. The maximum absolute atomic E-state index is 12.6. The van der Waals surface area contributed by atoms with E-state index in [4.69, 9.17) is 0 Å². The van der Waals surface area contributed by atoms with E-state index >= 15 is 0 Å². The van der Waals surface area contributed by atoms with Crippen molar-refractivity contribution in [2.45, 2.75) is 44.2 Å². The molecule has 1 aromatic carbocycles. The van der Waals surface area contributed by atoms with Crippen LogP contribution in [0.3, 0.4) is 0 Å². The summed E-state index contributed by atoms with van der Waals surface area (Å²) in [6.07, 6.45) is 1.42. The number of benzene rings is 1. The average molecular weight is 474 g/mol. The average Bonchev–Trinajstić information content (AvgIpc) is 3.17. The third-order valence-corrected chi connectivity index (χ3v) is 6.77. The molecule has 5 N–H and O–H groups in total. The van der Waals surface area contributed by atoms with Gasteiger partial charge < -0.3 is 26.3 Å². The predicted molar refractivity (Wildman–Crippen MR) is 128 cm³/mol. The van der Waals surface area contributed by atoms with Gasteiger partial charge in [0.15, 0.2) is 0 Å². The number of nitrogens with one attached hydrogen (secondary N) is 5. The monoisotopic (exact) mass is 473 g/mol. The van der Waals surface area contributed by atoms with E-state index in [0.717, 1.165) is 21.5 Å². The van der Waals surface area contributed by atoms with Gasteiger partial charge in [0.2, 0.25) is 23.6 Å². The number of aromatic nitrogens is 1. The molecule has 10 heteroatoms. The van der Waals surface area contributed by atoms with Crippen LogP contribution in [0.1, 0.15) is 32.3 Å². The number of hydrogen-bond acceptors (Lipinski definition) is 5. The van der Waals surface area contributed by atoms with E-state index in [1.807, 2.05) is 38.1 Å². The molecule has 1 aromatic heterocycles. The van der Waals surface area contributed by atoms with Gasteiger partial charge in [-0.1, -0.05) is 38.5 Å². The number of hydrogen-bond donors (Lipinski definition) is 5. The van der Waals surface area contributed by atoms with Crippen LogP contribution >= 0.6 is 11.8 Å². The Morgan fingerprint density at radius 1 is 0.970 bits per heavy atom. The summed E-state index contributed by atoms with van der Waals surface area (Å²) < 4.78 is 0. The highest BCUT2D eigenvalue weighted by molar-refractivity contribution is 7.99. The Kier molecular flexibility index (Phi) is 8.76. The summed E-state index contributed by atoms with van der Waals surface area (Å²) in [5, 5.41) is 12.8. The Morgan fingerprint density at radius 3 is 2.52 bits per heavy atom. The number of aryl methyl sites for hydroxylation is 1. The van der Waals surface area contributed by atoms with Gasteiger partial charge in [0.1, 0.15) is 6.04 Å². The predicted octanol–water partition coefficient (Wildman–Crippen LogP) is 1.09. The van der Waals surface area contributed by atoms with Gasteiger partial charge in [0.05, 0.1) is 18.1 Å². The molecule has 0 aliphatic carbocycles. The fourth-order valence-corrected chi connectivity index (χ4v) is 4.64. The van der Waals surface area contributed by atoms with Crippen LogP contribution in [0.4, 0.5) is 0 Å². The summed E-state index contributed by atoms with van der Waals surface area (Å²) in [5.74, 6) is -0.880. The van der Waals surface area contributed by atoms with E-state index in [2.05, 4.69) is 26.3 Å². The van der Waals surface area contributed by atoms with E-state index < -0.39 is 17.9 Å². The van der Waals surface area contributed by atoms with Crippen LogP contribution in [0.5, 0.6) is 0 Å². The fraction of sp³-hybridized carbons (Fsp3) is 0.478. The molecule has 0 bridgehead atoms. The standard InChI is InChI=1S/C23H31N5O4S/c1-3-14(2)21-22(32)26-12-19(30)24-10-11-33-23-16(15-6-4-5-7-17(15)27-23)8-9-18(29)25-13-20(31)28-21/h4-7,14,21,27H,3,8-13H2,1-2H3,(H,24,30)(H,25,29)(H,26,32)(H,28,31). The first-order valence-electron chi connectivity index (χ1n) is 11.2. The first-order valence-corrected chi connectivity index (χ1v) is 12.2. The van der Waals surface area contributed by atoms with Gasteiger partial charge in [0.25, 0.3) is 0 Å². The third-order valence-electron chi connectivity index (χ3n) is 5.73. The maximum Gasteiger partial charge on any atom is 0.243 e. The molecule has 2 atom stereocenters. The molecule has 178 valence electrons. The summed E-state index contributed by atoms with van der Waals surface area (Å²) in [5.41, 5.74) is 2.04. The number of fused-ring (bicyclic) bond motifs is 3. The normalized spacial score (nSPS) is 20.5. The van der Waals surface area contributed by atoms with Crippen molar-refractivity contribution < 1.29 is 19.2 Å². The second kappa shape index (κ2) is 11.7. The quantitative estimate of drug-likeness (QED) is 0.445. The third kappa shape index (κ3) is 6.74. The molecule has 4 amide bonds. The lowest BCUT2D eigenvalue weighted by atomic mass is 9.98. The zero-order chi connectivity index (χ0) is 23.8. The highest BCUT2D eigenvalue weighted by Crippen LogP contribution is 2.30. The molecular weight excluding hydrogens is 442 g/mol. The number of amides is 4. The second-order valence-corrected chi connectivity index (χ2v) is 9.21. The molecule has 1 aliphatic heterocycles. The molecule has 0 fully saturated rings. The van der Waals surface area contributed by atoms with Gasteiger partial charge in [-0.15, -0.1) is 11.8 Å². The van der Waals surface area contributed by atoms with Crippen molar-refractivity contribution in [2.75, 3.05) is 25.4 Å². The maximum atomic E-state index is 12.6. The van der Waals surface area contributed by atoms with E-state index in [1.165, 1.54) is 0 Å². The fourth-order valence-electron chi connectivity index (χ4n) is 3.66. The SMILES string of the molecule is CCC(C)C1NC(=O)CNC(=O)CCc2c([nH]c3ccccc23)SCCNC(=O)CNC1=O. The Balaban J connectivity index is 1.76. The van der Waals surface area contributed by atoms with Gasteiger partial charge in [-0.25, -0.2) is 0 Å². The first kappa shape index (κ1) is 24.6. The molecular formula is C23H31N5O4S. The lowest BCUT2D eigenvalue weighted by Crippen LogP contribution is -2.53. The van der Waals surface area contributed by atoms with Crippen molar-refractivity contribution in [3.8, 4) is 0 Å². The van der Waals surface area contributed by atoms with Crippen LogP contribution in [-0.4, -0.2) is 60.0 Å². The largest absolute Gasteiger partial charge is 0.354 e. The number of H-pyrrole nitrogens is 1. The summed E-state index contributed by atoms with van der Waals surface area (Å²) in [4.78, 5) is 53.0. The highest BCUT2D eigenvalue weighted by atomic mass is 32.2. The summed E-state index contributed by atoms with van der Waals surface area (Å²) >= 11 is 1.57. The van der Waals surface area contributed by atoms with Crippen LogP contribution in [0.15, 0.2) is 29.3 Å². The lowest BCUT2D eigenvalue weighted by Gasteiger charge is -2.23. The highest BCUT2D eigenvalue weighted by Gasteiger charge is 2.26. The minimum atomic E-state index is -0.782. The van der Waals surface area contributed by atoms with E-state index in [9.17, 15) is 19.2 Å². The molecule has 0 radical (unpaired) electrons. The van der Waals surface area contributed by atoms with Crippen molar-refractivity contribution in [2.24, 2.45) is 5.92 Å². The van der Waals surface area contributed by atoms with Crippen LogP contribution < -0.4 is 21.3 Å². The van der Waals surface area contributed by atoms with Crippen molar-refractivity contribution >= 4 is 46.3 Å². The first-order chi connectivity index (χ1) is 15.9. The number of carbonyl (C=O) groups excluding carboxylic acids is 4. The van der Waals surface area contributed by atoms with Crippen molar-refractivity contribution in [3.63, 3.8) is 0 Å². The second-order valence-electron chi connectivity index (χ2n) is 8.10. The molecule has 2 heterocycles. The van der Waals surface area contributed by atoms with E-state index in [1.54, 1.807) is 11.8 Å². The number of rotatable bonds is 2. The Hall–Kier alpha value is -3.01. The van der Waals surface area contributed by atoms with E-state index in [0.29, 0.717) is 25.1 Å². The lowest BCUT2D eigenvalue weighted by molar-refractivity contribution is -0.132. The minimum Gasteiger partial charge on any atom is -0.354 e. The summed E-state index contributed by atoms with van der Waals surface area (Å²) in [6, 6.07) is 7.13. The zero-order valence-electron chi connectivity index (χ0n) is 19.0. The van der Waals surface area contributed by atoms with Crippen LogP contribution in [0.2, 0.25) is 0 Å². The number of carbonyl (C=O) groups is 4. The smallest absolute Gasteiger partial charge is 0.243 e. The van der Waals surface area contributed by atoms with Crippen LogP contribution in [0.25, 0.3) is 10.9 Å². The van der Waals surface area contributed by atoms with Gasteiger partial charge in [-0.3, -0.25) is 19.2 Å². The molecule has 2 aromatic rings. The van der Waals surface area contributed by atoms with E-state index in [-0.39, 0.29) is 37.2 Å². The molecule has 3 rings (SSSR count). The van der Waals surface area contributed by atoms with Crippen LogP contribution in [-0.2, 0) is 25.6 Å². The van der Waals surface area contributed by atoms with Gasteiger partial charge in [-0.05, 0) is 24.0 Å². The van der Waals surface area contributed by atoms with Crippen molar-refractivity contribution in [1.29, 1.82) is 0 Å². The van der Waals surface area contributed by atoms with Gasteiger partial charge >= 0.3 is 0 Å². The number of aromatic amines is 1. The topological polar surface area (TPSA) is 132 Å². The van der Waals surface area contributed by atoms with Gasteiger partial charge in [-0.2, -0.15) is 0 Å². The van der Waals surface area contributed by atoms with Crippen molar-refractivity contribution in [3.05, 3.63) is 29.8 Å². The molecule has 33 heavy (non-hydrogen) atoms. The van der Waals surface area contributed by atoms with Gasteiger partial charge in [0, 0.05) is 29.6 Å². The molecule has 1 aliphatic rings. The molecule has 0 saturated carbocycles. The number of para-hydroxylation sites is 1. The molecule has 9 nitrogen and oxygen atoms in total. The summed E-state index contributed by atoms with van der Waals surface area (Å²) in [7, 11) is 0. The summed E-state index contributed by atoms with van der Waals surface area (Å²) in [6.45, 7) is 3.82. The molecule has 0 saturated heterocycles.